The molecule has 0 amide bonds. The number of nitrogens with one attached hydrogen (secondary N) is 1. The van der Waals surface area contributed by atoms with Crippen molar-refractivity contribution in [2.24, 2.45) is 0 Å². The van der Waals surface area contributed by atoms with Crippen LogP contribution >= 0.6 is 0 Å². The predicted molar refractivity (Wildman–Crippen MR) is 83.0 cm³/mol. The third kappa shape index (κ3) is 2.81. The molecule has 1 N–H and O–H groups in total. The Morgan fingerprint density at radius 1 is 1.29 bits per heavy atom. The van der Waals surface area contributed by atoms with Crippen molar-refractivity contribution in [3.8, 4) is 6.07 Å². The maximum Gasteiger partial charge on any atom is 0.186 e. The number of rotatable bonds is 3. The molecule has 1 aliphatic heterocycles. The highest BCUT2D eigenvalue weighted by molar-refractivity contribution is 5.92. The number of aromatic nitrogens is 2. The summed E-state index contributed by atoms with van der Waals surface area (Å²) >= 11 is 0. The fourth-order valence-electron chi connectivity index (χ4n) is 2.88. The number of hydrogen-bond donors (Lipinski definition) is 1. The first-order valence-corrected chi connectivity index (χ1v) is 7.46. The Kier molecular flexibility index (Phi) is 3.98. The number of benzene rings is 1. The summed E-state index contributed by atoms with van der Waals surface area (Å²) in [4.78, 5) is 2.45. The van der Waals surface area contributed by atoms with Crippen molar-refractivity contribution in [2.75, 3.05) is 25.0 Å². The molecular formula is C16H19N5. The Morgan fingerprint density at radius 3 is 2.76 bits per heavy atom. The number of nitriles is 1. The summed E-state index contributed by atoms with van der Waals surface area (Å²) in [6, 6.07) is 10.4. The first-order chi connectivity index (χ1) is 10.3. The molecule has 0 atom stereocenters. The third-order valence-electron chi connectivity index (χ3n) is 4.16. The van der Waals surface area contributed by atoms with Crippen LogP contribution in [-0.2, 0) is 0 Å². The van der Waals surface area contributed by atoms with Crippen LogP contribution in [0.3, 0.4) is 0 Å². The first-order valence-electron chi connectivity index (χ1n) is 7.46. The van der Waals surface area contributed by atoms with Gasteiger partial charge in [0.1, 0.15) is 6.07 Å². The molecule has 3 rings (SSSR count). The molecule has 1 saturated heterocycles. The molecule has 2 aromatic rings. The van der Waals surface area contributed by atoms with Gasteiger partial charge in [0.25, 0.3) is 0 Å². The van der Waals surface area contributed by atoms with E-state index < -0.39 is 0 Å². The second-order valence-corrected chi connectivity index (χ2v) is 5.41. The van der Waals surface area contributed by atoms with Crippen molar-refractivity contribution >= 4 is 16.6 Å². The van der Waals surface area contributed by atoms with Crippen molar-refractivity contribution < 1.29 is 0 Å². The summed E-state index contributed by atoms with van der Waals surface area (Å²) in [5, 5.41) is 21.9. The lowest BCUT2D eigenvalue weighted by Gasteiger charge is -2.32. The first kappa shape index (κ1) is 13.8. The van der Waals surface area contributed by atoms with Crippen LogP contribution in [0, 0.1) is 11.3 Å². The lowest BCUT2D eigenvalue weighted by atomic mass is 10.0. The molecule has 0 unspecified atom stereocenters. The second kappa shape index (κ2) is 6.06. The second-order valence-electron chi connectivity index (χ2n) is 5.41. The van der Waals surface area contributed by atoms with E-state index in [1.807, 2.05) is 24.3 Å². The lowest BCUT2D eigenvalue weighted by molar-refractivity contribution is 0.229. The van der Waals surface area contributed by atoms with E-state index in [-0.39, 0.29) is 0 Å². The standard InChI is InChI=1S/C16H19N5/c1-2-21-9-7-12(8-10-21)18-16-13-5-3-4-6-14(13)19-20-15(16)11-17/h3-6,12H,2,7-10H2,1H3,(H,18,19). The van der Waals surface area contributed by atoms with E-state index in [4.69, 9.17) is 0 Å². The van der Waals surface area contributed by atoms with Gasteiger partial charge >= 0.3 is 0 Å². The molecule has 1 aromatic heterocycles. The summed E-state index contributed by atoms with van der Waals surface area (Å²) in [5.74, 6) is 0. The fourth-order valence-corrected chi connectivity index (χ4v) is 2.88. The molecule has 5 nitrogen and oxygen atoms in total. The minimum atomic E-state index is 0.381. The van der Waals surface area contributed by atoms with E-state index >= 15 is 0 Å². The number of hydrogen-bond acceptors (Lipinski definition) is 5. The topological polar surface area (TPSA) is 64.8 Å². The van der Waals surface area contributed by atoms with Gasteiger partial charge in [0.2, 0.25) is 0 Å². The average Bonchev–Trinajstić information content (AvgIpc) is 2.56. The SMILES string of the molecule is CCN1CCC(Nc2c(C#N)nnc3ccccc23)CC1. The molecular weight excluding hydrogens is 262 g/mol. The Labute approximate surface area is 124 Å². The minimum absolute atomic E-state index is 0.381. The number of fused-ring (bicyclic) bond motifs is 1. The van der Waals surface area contributed by atoms with Gasteiger partial charge in [0.15, 0.2) is 5.69 Å². The van der Waals surface area contributed by atoms with Crippen LogP contribution in [0.1, 0.15) is 25.5 Å². The molecule has 108 valence electrons. The van der Waals surface area contributed by atoms with Crippen LogP contribution in [0.4, 0.5) is 5.69 Å². The van der Waals surface area contributed by atoms with Gasteiger partial charge in [-0.15, -0.1) is 10.2 Å². The van der Waals surface area contributed by atoms with E-state index in [0.29, 0.717) is 11.7 Å². The Morgan fingerprint density at radius 2 is 2.05 bits per heavy atom. The highest BCUT2D eigenvalue weighted by Gasteiger charge is 2.20. The highest BCUT2D eigenvalue weighted by Crippen LogP contribution is 2.26. The van der Waals surface area contributed by atoms with Crippen LogP contribution in [0.2, 0.25) is 0 Å². The summed E-state index contributed by atoms with van der Waals surface area (Å²) in [6.45, 7) is 5.51. The fraction of sp³-hybridized carbons (Fsp3) is 0.438. The molecule has 0 aliphatic carbocycles. The van der Waals surface area contributed by atoms with Crippen LogP contribution in [0.15, 0.2) is 24.3 Å². The molecule has 0 saturated carbocycles. The van der Waals surface area contributed by atoms with Crippen molar-refractivity contribution in [3.63, 3.8) is 0 Å². The largest absolute Gasteiger partial charge is 0.379 e. The summed E-state index contributed by atoms with van der Waals surface area (Å²) in [5.41, 5.74) is 2.04. The molecule has 1 aromatic carbocycles. The van der Waals surface area contributed by atoms with Gasteiger partial charge in [0.05, 0.1) is 11.2 Å². The third-order valence-corrected chi connectivity index (χ3v) is 4.16. The normalized spacial score (nSPS) is 16.8. The average molecular weight is 281 g/mol. The van der Waals surface area contributed by atoms with E-state index in [1.54, 1.807) is 0 Å². The predicted octanol–water partition coefficient (Wildman–Crippen LogP) is 2.40. The molecule has 2 heterocycles. The number of piperidine rings is 1. The Hall–Kier alpha value is -2.19. The maximum atomic E-state index is 9.29. The molecule has 1 aliphatic rings. The van der Waals surface area contributed by atoms with Crippen LogP contribution in [-0.4, -0.2) is 40.8 Å². The van der Waals surface area contributed by atoms with Crippen LogP contribution in [0.5, 0.6) is 0 Å². The highest BCUT2D eigenvalue weighted by atomic mass is 15.1. The maximum absolute atomic E-state index is 9.29. The van der Waals surface area contributed by atoms with Gasteiger partial charge in [-0.3, -0.25) is 0 Å². The van der Waals surface area contributed by atoms with Crippen molar-refractivity contribution in [1.29, 1.82) is 5.26 Å². The molecule has 0 spiro atoms. The minimum Gasteiger partial charge on any atom is -0.379 e. The van der Waals surface area contributed by atoms with Gasteiger partial charge in [-0.2, -0.15) is 5.26 Å². The number of likely N-dealkylation sites (tertiary alicyclic amines) is 1. The molecule has 5 heteroatoms. The van der Waals surface area contributed by atoms with Crippen molar-refractivity contribution in [1.82, 2.24) is 15.1 Å². The molecule has 1 fully saturated rings. The Bertz CT molecular complexity index is 668. The molecule has 0 bridgehead atoms. The number of anilines is 1. The monoisotopic (exact) mass is 281 g/mol. The summed E-state index contributed by atoms with van der Waals surface area (Å²) in [6.07, 6.45) is 2.19. The number of nitrogens with zero attached hydrogens (tertiary/aromatic N) is 4. The van der Waals surface area contributed by atoms with Gasteiger partial charge in [-0.05, 0) is 25.5 Å². The summed E-state index contributed by atoms with van der Waals surface area (Å²) in [7, 11) is 0. The zero-order chi connectivity index (χ0) is 14.7. The van der Waals surface area contributed by atoms with E-state index in [2.05, 4.69) is 33.4 Å². The lowest BCUT2D eigenvalue weighted by Crippen LogP contribution is -2.39. The van der Waals surface area contributed by atoms with Crippen molar-refractivity contribution in [3.05, 3.63) is 30.0 Å². The van der Waals surface area contributed by atoms with Gasteiger partial charge in [-0.1, -0.05) is 25.1 Å². The zero-order valence-corrected chi connectivity index (χ0v) is 12.2. The van der Waals surface area contributed by atoms with E-state index in [1.165, 1.54) is 0 Å². The zero-order valence-electron chi connectivity index (χ0n) is 12.2. The van der Waals surface area contributed by atoms with Gasteiger partial charge in [0, 0.05) is 24.5 Å². The molecule has 0 radical (unpaired) electrons. The van der Waals surface area contributed by atoms with Gasteiger partial charge < -0.3 is 10.2 Å². The van der Waals surface area contributed by atoms with Crippen LogP contribution < -0.4 is 5.32 Å². The van der Waals surface area contributed by atoms with E-state index in [9.17, 15) is 5.26 Å². The van der Waals surface area contributed by atoms with E-state index in [0.717, 1.165) is 49.1 Å². The smallest absolute Gasteiger partial charge is 0.186 e. The quantitative estimate of drug-likeness (QED) is 0.936. The van der Waals surface area contributed by atoms with Crippen LogP contribution in [0.25, 0.3) is 10.9 Å². The Balaban J connectivity index is 1.88. The van der Waals surface area contributed by atoms with Crippen molar-refractivity contribution in [2.45, 2.75) is 25.8 Å². The molecule has 21 heavy (non-hydrogen) atoms. The van der Waals surface area contributed by atoms with Gasteiger partial charge in [-0.25, -0.2) is 0 Å². The summed E-state index contributed by atoms with van der Waals surface area (Å²) < 4.78 is 0.